The summed E-state index contributed by atoms with van der Waals surface area (Å²) in [4.78, 5) is 9.66. The molecule has 13 heavy (non-hydrogen) atoms. The van der Waals surface area contributed by atoms with Crippen molar-refractivity contribution < 1.29 is 4.92 Å². The predicted octanol–water partition coefficient (Wildman–Crippen LogP) is 3.93. The Hall–Kier alpha value is -0.800. The highest BCUT2D eigenvalue weighted by Crippen LogP contribution is 2.26. The molecule has 0 aliphatic carbocycles. The number of benzene rings is 1. The number of nitrogens with zero attached hydrogens (tertiary/aromatic N) is 1. The average molecular weight is 222 g/mol. The van der Waals surface area contributed by atoms with Gasteiger partial charge in [0.1, 0.15) is 5.02 Å². The van der Waals surface area contributed by atoms with Gasteiger partial charge in [0.15, 0.2) is 0 Å². The summed E-state index contributed by atoms with van der Waals surface area (Å²) in [5.41, 5.74) is -0.167. The zero-order valence-electron chi connectivity index (χ0n) is 7.25. The Kier molecular flexibility index (Phi) is 5.42. The van der Waals surface area contributed by atoms with Crippen molar-refractivity contribution in [1.82, 2.24) is 0 Å². The van der Waals surface area contributed by atoms with E-state index in [1.807, 2.05) is 13.8 Å². The third-order valence-corrected chi connectivity index (χ3v) is 1.66. The normalized spacial score (nSPS) is 8.62. The molecule has 0 aromatic heterocycles. The van der Waals surface area contributed by atoms with E-state index in [-0.39, 0.29) is 10.7 Å². The molecule has 1 aromatic rings. The Bertz CT molecular complexity index is 302. The van der Waals surface area contributed by atoms with Crippen LogP contribution in [0.2, 0.25) is 10.0 Å². The SMILES string of the molecule is CC.O=[N+]([O-])c1cc(Cl)ccc1Cl. The van der Waals surface area contributed by atoms with Crippen molar-refractivity contribution in [1.29, 1.82) is 0 Å². The minimum atomic E-state index is -0.575. The fourth-order valence-electron chi connectivity index (χ4n) is 0.626. The molecule has 3 nitrogen and oxygen atoms in total. The second-order valence-electron chi connectivity index (χ2n) is 1.85. The zero-order valence-corrected chi connectivity index (χ0v) is 8.76. The third kappa shape index (κ3) is 3.61. The number of hydrogen-bond acceptors (Lipinski definition) is 2. The van der Waals surface area contributed by atoms with Crippen LogP contribution < -0.4 is 0 Å². The summed E-state index contributed by atoms with van der Waals surface area (Å²) in [6.07, 6.45) is 0. The fourth-order valence-corrected chi connectivity index (χ4v) is 0.979. The molecule has 0 unspecified atom stereocenters. The zero-order chi connectivity index (χ0) is 10.4. The second kappa shape index (κ2) is 5.78. The van der Waals surface area contributed by atoms with E-state index in [2.05, 4.69) is 0 Å². The Morgan fingerprint density at radius 1 is 1.31 bits per heavy atom. The molecule has 0 bridgehead atoms. The first-order chi connectivity index (χ1) is 6.11. The average Bonchev–Trinajstić information content (AvgIpc) is 2.12. The number of nitro benzene ring substituents is 1. The maximum atomic E-state index is 10.2. The van der Waals surface area contributed by atoms with E-state index in [0.717, 1.165) is 0 Å². The van der Waals surface area contributed by atoms with Gasteiger partial charge in [-0.25, -0.2) is 0 Å². The molecule has 0 atom stereocenters. The molecule has 0 aliphatic rings. The van der Waals surface area contributed by atoms with E-state index in [1.54, 1.807) is 0 Å². The van der Waals surface area contributed by atoms with Gasteiger partial charge in [0.05, 0.1) is 4.92 Å². The van der Waals surface area contributed by atoms with Crippen molar-refractivity contribution in [2.75, 3.05) is 0 Å². The summed E-state index contributed by atoms with van der Waals surface area (Å²) in [5.74, 6) is 0. The Balaban J connectivity index is 0.000000671. The summed E-state index contributed by atoms with van der Waals surface area (Å²) >= 11 is 11.0. The molecule has 72 valence electrons. The quantitative estimate of drug-likeness (QED) is 0.533. The van der Waals surface area contributed by atoms with Crippen LogP contribution >= 0.6 is 23.2 Å². The molecule has 0 saturated carbocycles. The summed E-state index contributed by atoms with van der Waals surface area (Å²) in [6.45, 7) is 4.00. The molecule has 5 heteroatoms. The lowest BCUT2D eigenvalue weighted by Crippen LogP contribution is -1.87. The van der Waals surface area contributed by atoms with Crippen molar-refractivity contribution in [2.24, 2.45) is 0 Å². The van der Waals surface area contributed by atoms with Gasteiger partial charge in [0.2, 0.25) is 0 Å². The third-order valence-electron chi connectivity index (χ3n) is 1.10. The molecular formula is C8H9Cl2NO2. The lowest BCUT2D eigenvalue weighted by molar-refractivity contribution is -0.384. The van der Waals surface area contributed by atoms with Gasteiger partial charge >= 0.3 is 0 Å². The maximum Gasteiger partial charge on any atom is 0.289 e. The summed E-state index contributed by atoms with van der Waals surface area (Å²) in [5, 5.41) is 10.6. The Morgan fingerprint density at radius 2 is 1.85 bits per heavy atom. The highest BCUT2D eigenvalue weighted by atomic mass is 35.5. The van der Waals surface area contributed by atoms with Crippen LogP contribution in [0.4, 0.5) is 5.69 Å². The van der Waals surface area contributed by atoms with Gasteiger partial charge in [0.25, 0.3) is 5.69 Å². The van der Waals surface area contributed by atoms with Gasteiger partial charge in [0, 0.05) is 11.1 Å². The van der Waals surface area contributed by atoms with Crippen molar-refractivity contribution >= 4 is 28.9 Å². The largest absolute Gasteiger partial charge is 0.289 e. The Labute approximate surface area is 86.4 Å². The lowest BCUT2D eigenvalue weighted by Gasteiger charge is -1.93. The number of hydrogen-bond donors (Lipinski definition) is 0. The Morgan fingerprint density at radius 3 is 2.23 bits per heavy atom. The van der Waals surface area contributed by atoms with Crippen LogP contribution in [0.1, 0.15) is 13.8 Å². The number of rotatable bonds is 1. The molecule has 0 saturated heterocycles. The molecule has 1 rings (SSSR count). The van der Waals surface area contributed by atoms with Gasteiger partial charge in [-0.2, -0.15) is 0 Å². The monoisotopic (exact) mass is 221 g/mol. The molecule has 0 spiro atoms. The molecule has 0 amide bonds. The van der Waals surface area contributed by atoms with Gasteiger partial charge in [-0.1, -0.05) is 37.0 Å². The number of halogens is 2. The van der Waals surface area contributed by atoms with E-state index in [4.69, 9.17) is 23.2 Å². The molecule has 0 aliphatic heterocycles. The van der Waals surface area contributed by atoms with Gasteiger partial charge < -0.3 is 0 Å². The van der Waals surface area contributed by atoms with Crippen LogP contribution in [-0.4, -0.2) is 4.92 Å². The molecule has 0 heterocycles. The summed E-state index contributed by atoms with van der Waals surface area (Å²) < 4.78 is 0. The van der Waals surface area contributed by atoms with E-state index in [9.17, 15) is 10.1 Å². The highest BCUT2D eigenvalue weighted by molar-refractivity contribution is 6.34. The minimum absolute atomic E-state index is 0.0967. The molecule has 0 N–H and O–H groups in total. The first-order valence-electron chi connectivity index (χ1n) is 3.70. The van der Waals surface area contributed by atoms with Crippen LogP contribution in [0.3, 0.4) is 0 Å². The van der Waals surface area contributed by atoms with Crippen LogP contribution in [-0.2, 0) is 0 Å². The van der Waals surface area contributed by atoms with Gasteiger partial charge in [-0.15, -0.1) is 0 Å². The van der Waals surface area contributed by atoms with E-state index >= 15 is 0 Å². The smallest absolute Gasteiger partial charge is 0.258 e. The van der Waals surface area contributed by atoms with E-state index in [0.29, 0.717) is 5.02 Å². The first-order valence-corrected chi connectivity index (χ1v) is 4.46. The van der Waals surface area contributed by atoms with Crippen molar-refractivity contribution in [3.63, 3.8) is 0 Å². The van der Waals surface area contributed by atoms with Gasteiger partial charge in [-0.3, -0.25) is 10.1 Å². The van der Waals surface area contributed by atoms with Crippen molar-refractivity contribution in [2.45, 2.75) is 13.8 Å². The van der Waals surface area contributed by atoms with Crippen LogP contribution in [0, 0.1) is 10.1 Å². The first kappa shape index (κ1) is 12.2. The number of nitro groups is 1. The lowest BCUT2D eigenvalue weighted by atomic mass is 10.3. The highest BCUT2D eigenvalue weighted by Gasteiger charge is 2.11. The fraction of sp³-hybridized carbons (Fsp3) is 0.250. The summed E-state index contributed by atoms with van der Waals surface area (Å²) in [7, 11) is 0. The predicted molar refractivity (Wildman–Crippen MR) is 54.5 cm³/mol. The van der Waals surface area contributed by atoms with Crippen LogP contribution in [0.5, 0.6) is 0 Å². The molecule has 0 fully saturated rings. The topological polar surface area (TPSA) is 43.1 Å². The minimum Gasteiger partial charge on any atom is -0.258 e. The van der Waals surface area contributed by atoms with Crippen molar-refractivity contribution in [3.05, 3.63) is 38.4 Å². The van der Waals surface area contributed by atoms with Gasteiger partial charge in [-0.05, 0) is 12.1 Å². The van der Waals surface area contributed by atoms with Crippen LogP contribution in [0.15, 0.2) is 18.2 Å². The standard InChI is InChI=1S/C6H3Cl2NO2.C2H6/c7-4-1-2-5(8)6(3-4)9(10)11;1-2/h1-3H;1-2H3. The van der Waals surface area contributed by atoms with Crippen LogP contribution in [0.25, 0.3) is 0 Å². The molecule has 1 aromatic carbocycles. The van der Waals surface area contributed by atoms with Crippen molar-refractivity contribution in [3.8, 4) is 0 Å². The second-order valence-corrected chi connectivity index (χ2v) is 2.70. The molecular weight excluding hydrogens is 213 g/mol. The molecule has 0 radical (unpaired) electrons. The van der Waals surface area contributed by atoms with E-state index in [1.165, 1.54) is 18.2 Å². The van der Waals surface area contributed by atoms with E-state index < -0.39 is 4.92 Å². The summed E-state index contributed by atoms with van der Waals surface area (Å²) in [6, 6.07) is 4.10. The maximum absolute atomic E-state index is 10.2.